The van der Waals surface area contributed by atoms with E-state index in [0.29, 0.717) is 12.8 Å². The van der Waals surface area contributed by atoms with Crippen molar-refractivity contribution < 1.29 is 25.2 Å². The Morgan fingerprint density at radius 2 is 1.18 bits per heavy atom. The molecule has 0 saturated heterocycles. The first-order valence-corrected chi connectivity index (χ1v) is 14.1. The van der Waals surface area contributed by atoms with Crippen molar-refractivity contribution in [3.05, 3.63) is 12.2 Å². The van der Waals surface area contributed by atoms with Crippen LogP contribution in [0, 0.1) is 0 Å². The normalized spacial score (nSPS) is 15.4. The van der Waals surface area contributed by atoms with E-state index in [1.54, 1.807) is 0 Å². The summed E-state index contributed by atoms with van der Waals surface area (Å²) in [6.45, 7) is 3.85. The zero-order valence-electron chi connectivity index (χ0n) is 22.1. The molecule has 0 aromatic carbocycles. The van der Waals surface area contributed by atoms with Gasteiger partial charge in [0.2, 0.25) is 5.91 Å². The number of nitrogens with one attached hydrogen (secondary N) is 1. The van der Waals surface area contributed by atoms with E-state index in [0.717, 1.165) is 51.4 Å². The predicted molar refractivity (Wildman–Crippen MR) is 141 cm³/mol. The molecule has 0 aliphatic carbocycles. The summed E-state index contributed by atoms with van der Waals surface area (Å²) in [4.78, 5) is 12.2. The minimum Gasteiger partial charge on any atom is -0.394 e. The van der Waals surface area contributed by atoms with Gasteiger partial charge in [0.1, 0.15) is 12.2 Å². The Morgan fingerprint density at radius 3 is 1.74 bits per heavy atom. The van der Waals surface area contributed by atoms with Gasteiger partial charge in [-0.25, -0.2) is 0 Å². The van der Waals surface area contributed by atoms with Crippen LogP contribution < -0.4 is 5.32 Å². The molecule has 202 valence electrons. The van der Waals surface area contributed by atoms with Crippen molar-refractivity contribution in [1.82, 2.24) is 5.32 Å². The van der Waals surface area contributed by atoms with Gasteiger partial charge in [0.25, 0.3) is 0 Å². The molecule has 34 heavy (non-hydrogen) atoms. The van der Waals surface area contributed by atoms with Crippen LogP contribution in [-0.4, -0.2) is 57.3 Å². The molecule has 0 bridgehead atoms. The molecule has 1 amide bonds. The molecule has 5 N–H and O–H groups in total. The Bertz CT molecular complexity index is 485. The van der Waals surface area contributed by atoms with E-state index in [2.05, 4.69) is 31.3 Å². The number of aliphatic hydroxyl groups excluding tert-OH is 4. The number of hydrogen-bond donors (Lipinski definition) is 5. The van der Waals surface area contributed by atoms with Crippen LogP contribution in [0.15, 0.2) is 12.2 Å². The zero-order chi connectivity index (χ0) is 25.4. The topological polar surface area (TPSA) is 110 Å². The zero-order valence-corrected chi connectivity index (χ0v) is 22.1. The highest BCUT2D eigenvalue weighted by atomic mass is 16.3. The van der Waals surface area contributed by atoms with Crippen molar-refractivity contribution >= 4 is 5.91 Å². The third-order valence-corrected chi connectivity index (χ3v) is 6.48. The van der Waals surface area contributed by atoms with E-state index in [9.17, 15) is 25.2 Å². The molecule has 0 aliphatic heterocycles. The van der Waals surface area contributed by atoms with Crippen LogP contribution in [0.5, 0.6) is 0 Å². The first-order chi connectivity index (χ1) is 16.5. The average molecular weight is 486 g/mol. The Labute approximate surface area is 209 Å². The standard InChI is InChI=1S/C28H55NO5/c1-3-5-7-9-10-11-12-13-14-15-16-17-18-20-22-26(32)28(34)29-24(23-30)27(33)25(31)21-19-8-6-4-2/h11-12,24-27,30-33H,3-10,13-23H2,1-2H3,(H,29,34)/b12-11-. The maximum atomic E-state index is 12.2. The molecule has 0 heterocycles. The number of aliphatic hydroxyl groups is 4. The molecule has 4 unspecified atom stereocenters. The lowest BCUT2D eigenvalue weighted by Crippen LogP contribution is -2.53. The van der Waals surface area contributed by atoms with Crippen molar-refractivity contribution in [1.29, 1.82) is 0 Å². The van der Waals surface area contributed by atoms with Crippen molar-refractivity contribution in [2.45, 2.75) is 154 Å². The van der Waals surface area contributed by atoms with Crippen molar-refractivity contribution in [3.63, 3.8) is 0 Å². The number of amides is 1. The summed E-state index contributed by atoms with van der Waals surface area (Å²) < 4.78 is 0. The largest absolute Gasteiger partial charge is 0.394 e. The first kappa shape index (κ1) is 33.0. The van der Waals surface area contributed by atoms with Gasteiger partial charge in [0.15, 0.2) is 0 Å². The molecular weight excluding hydrogens is 430 g/mol. The van der Waals surface area contributed by atoms with Gasteiger partial charge in [0.05, 0.1) is 18.8 Å². The lowest BCUT2D eigenvalue weighted by atomic mass is 9.99. The van der Waals surface area contributed by atoms with Crippen LogP contribution >= 0.6 is 0 Å². The van der Waals surface area contributed by atoms with Gasteiger partial charge in [-0.2, -0.15) is 0 Å². The molecule has 4 atom stereocenters. The highest BCUT2D eigenvalue weighted by molar-refractivity contribution is 5.80. The molecule has 0 aromatic heterocycles. The number of hydrogen-bond acceptors (Lipinski definition) is 5. The van der Waals surface area contributed by atoms with Crippen molar-refractivity contribution in [3.8, 4) is 0 Å². The Balaban J connectivity index is 3.85. The summed E-state index contributed by atoms with van der Waals surface area (Å²) in [7, 11) is 0. The molecule has 6 heteroatoms. The van der Waals surface area contributed by atoms with Crippen LogP contribution in [0.1, 0.15) is 129 Å². The molecule has 0 aliphatic rings. The number of carbonyl (C=O) groups is 1. The monoisotopic (exact) mass is 485 g/mol. The summed E-state index contributed by atoms with van der Waals surface area (Å²) in [5.41, 5.74) is 0. The number of unbranched alkanes of at least 4 members (excludes halogenated alkanes) is 13. The second kappa shape index (κ2) is 23.8. The molecular formula is C28H55NO5. The number of allylic oxidation sites excluding steroid dienone is 2. The van der Waals surface area contributed by atoms with E-state index in [4.69, 9.17) is 0 Å². The number of rotatable bonds is 24. The summed E-state index contributed by atoms with van der Waals surface area (Å²) >= 11 is 0. The molecule has 6 nitrogen and oxygen atoms in total. The predicted octanol–water partition coefficient (Wildman–Crippen LogP) is 5.16. The highest BCUT2D eigenvalue weighted by Gasteiger charge is 2.28. The summed E-state index contributed by atoms with van der Waals surface area (Å²) in [5, 5.41) is 42.5. The minimum absolute atomic E-state index is 0.362. The lowest BCUT2D eigenvalue weighted by molar-refractivity contribution is -0.132. The van der Waals surface area contributed by atoms with Gasteiger partial charge in [-0.3, -0.25) is 4.79 Å². The smallest absolute Gasteiger partial charge is 0.249 e. The van der Waals surface area contributed by atoms with Gasteiger partial charge in [-0.05, 0) is 38.5 Å². The Kier molecular flexibility index (Phi) is 23.1. The molecule has 0 saturated carbocycles. The third kappa shape index (κ3) is 18.4. The summed E-state index contributed by atoms with van der Waals surface area (Å²) in [6.07, 6.45) is 20.0. The van der Waals surface area contributed by atoms with Crippen LogP contribution in [0.25, 0.3) is 0 Å². The first-order valence-electron chi connectivity index (χ1n) is 14.1. The summed E-state index contributed by atoms with van der Waals surface area (Å²) in [6, 6.07) is -0.978. The van der Waals surface area contributed by atoms with E-state index < -0.39 is 36.9 Å². The lowest BCUT2D eigenvalue weighted by Gasteiger charge is -2.27. The molecule has 0 fully saturated rings. The van der Waals surface area contributed by atoms with Gasteiger partial charge >= 0.3 is 0 Å². The molecule has 0 aromatic rings. The maximum absolute atomic E-state index is 12.2. The van der Waals surface area contributed by atoms with Crippen molar-refractivity contribution in [2.24, 2.45) is 0 Å². The van der Waals surface area contributed by atoms with Gasteiger partial charge < -0.3 is 25.7 Å². The Morgan fingerprint density at radius 1 is 0.706 bits per heavy atom. The number of carbonyl (C=O) groups excluding carboxylic acids is 1. The van der Waals surface area contributed by atoms with Crippen molar-refractivity contribution in [2.75, 3.05) is 6.61 Å². The maximum Gasteiger partial charge on any atom is 0.249 e. The van der Waals surface area contributed by atoms with Gasteiger partial charge in [0, 0.05) is 0 Å². The average Bonchev–Trinajstić information content (AvgIpc) is 2.84. The fourth-order valence-corrected chi connectivity index (χ4v) is 4.10. The third-order valence-electron chi connectivity index (χ3n) is 6.48. The van der Waals surface area contributed by atoms with Crippen LogP contribution in [0.4, 0.5) is 0 Å². The highest BCUT2D eigenvalue weighted by Crippen LogP contribution is 2.13. The van der Waals surface area contributed by atoms with Crippen LogP contribution in [-0.2, 0) is 4.79 Å². The minimum atomic E-state index is -1.25. The van der Waals surface area contributed by atoms with E-state index >= 15 is 0 Å². The van der Waals surface area contributed by atoms with Crippen LogP contribution in [0.2, 0.25) is 0 Å². The fourth-order valence-electron chi connectivity index (χ4n) is 4.10. The van der Waals surface area contributed by atoms with E-state index in [1.165, 1.54) is 51.4 Å². The van der Waals surface area contributed by atoms with E-state index in [-0.39, 0.29) is 0 Å². The van der Waals surface area contributed by atoms with Gasteiger partial charge in [-0.15, -0.1) is 0 Å². The second-order valence-electron chi connectivity index (χ2n) is 9.74. The van der Waals surface area contributed by atoms with E-state index in [1.807, 2.05) is 0 Å². The molecule has 0 radical (unpaired) electrons. The summed E-state index contributed by atoms with van der Waals surface area (Å²) in [5.74, 6) is -0.599. The fraction of sp³-hybridized carbons (Fsp3) is 0.893. The molecule has 0 rings (SSSR count). The quantitative estimate of drug-likeness (QED) is 0.0957. The second-order valence-corrected chi connectivity index (χ2v) is 9.74. The SMILES string of the molecule is CCCCCC/C=C\CCCCCCCCC(O)C(=O)NC(CO)C(O)C(O)CCCCCC. The van der Waals surface area contributed by atoms with Crippen LogP contribution in [0.3, 0.4) is 0 Å². The molecule has 0 spiro atoms. The Hall–Kier alpha value is -0.950. The van der Waals surface area contributed by atoms with Gasteiger partial charge in [-0.1, -0.05) is 103 Å².